The van der Waals surface area contributed by atoms with Gasteiger partial charge >= 0.3 is 0 Å². The van der Waals surface area contributed by atoms with Crippen LogP contribution in [0.4, 0.5) is 5.69 Å². The van der Waals surface area contributed by atoms with E-state index in [-0.39, 0.29) is 6.10 Å². The van der Waals surface area contributed by atoms with E-state index in [1.165, 1.54) is 0 Å². The molecule has 0 bridgehead atoms. The summed E-state index contributed by atoms with van der Waals surface area (Å²) >= 11 is 0. The van der Waals surface area contributed by atoms with Gasteiger partial charge < -0.3 is 10.2 Å². The van der Waals surface area contributed by atoms with Gasteiger partial charge in [0.05, 0.1) is 24.1 Å². The van der Waals surface area contributed by atoms with Crippen molar-refractivity contribution in [2.75, 3.05) is 5.43 Å². The van der Waals surface area contributed by atoms with Gasteiger partial charge in [-0.05, 0) is 25.5 Å². The number of aromatic nitrogens is 1. The van der Waals surface area contributed by atoms with Gasteiger partial charge in [-0.1, -0.05) is 6.92 Å². The molecular formula is C10H17N3O. The summed E-state index contributed by atoms with van der Waals surface area (Å²) in [6.45, 7) is 4.67. The lowest BCUT2D eigenvalue weighted by atomic mass is 10.3. The molecule has 0 aliphatic heterocycles. The topological polar surface area (TPSA) is 60.2 Å². The number of nitrogen functional groups attached to an aromatic ring is 1. The molecule has 4 nitrogen and oxygen atoms in total. The summed E-state index contributed by atoms with van der Waals surface area (Å²) in [5.41, 5.74) is 4.31. The van der Waals surface area contributed by atoms with Crippen molar-refractivity contribution in [1.29, 1.82) is 0 Å². The maximum absolute atomic E-state index is 5.55. The fourth-order valence-electron chi connectivity index (χ4n) is 0.992. The molecule has 3 N–H and O–H groups in total. The Hall–Kier alpha value is -1.13. The fraction of sp³-hybridized carbons (Fsp3) is 0.500. The maximum atomic E-state index is 5.55. The van der Waals surface area contributed by atoms with Crippen LogP contribution in [-0.4, -0.2) is 11.1 Å². The maximum Gasteiger partial charge on any atom is 0.0892 e. The molecule has 1 aromatic rings. The molecule has 0 aliphatic rings. The van der Waals surface area contributed by atoms with E-state index in [0.29, 0.717) is 6.61 Å². The molecule has 4 heteroatoms. The predicted octanol–water partition coefficient (Wildman–Crippen LogP) is 1.68. The zero-order chi connectivity index (χ0) is 10.4. The van der Waals surface area contributed by atoms with Crippen LogP contribution in [0.3, 0.4) is 0 Å². The molecule has 0 aromatic carbocycles. The van der Waals surface area contributed by atoms with Crippen LogP contribution in [0, 0.1) is 0 Å². The van der Waals surface area contributed by atoms with Crippen LogP contribution < -0.4 is 11.3 Å². The lowest BCUT2D eigenvalue weighted by Gasteiger charge is -2.10. The first kappa shape index (κ1) is 10.9. The molecule has 0 saturated carbocycles. The van der Waals surface area contributed by atoms with Crippen LogP contribution in [0.25, 0.3) is 0 Å². The summed E-state index contributed by atoms with van der Waals surface area (Å²) in [5, 5.41) is 0. The van der Waals surface area contributed by atoms with Gasteiger partial charge in [0.15, 0.2) is 0 Å². The fourth-order valence-corrected chi connectivity index (χ4v) is 0.992. The van der Waals surface area contributed by atoms with Crippen molar-refractivity contribution in [3.8, 4) is 0 Å². The Balaban J connectivity index is 2.50. The Kier molecular flexibility index (Phi) is 4.35. The minimum Gasteiger partial charge on any atom is -0.372 e. The largest absolute Gasteiger partial charge is 0.372 e. The van der Waals surface area contributed by atoms with E-state index in [9.17, 15) is 0 Å². The predicted molar refractivity (Wildman–Crippen MR) is 56.6 cm³/mol. The van der Waals surface area contributed by atoms with E-state index < -0.39 is 0 Å². The summed E-state index contributed by atoms with van der Waals surface area (Å²) < 4.78 is 5.55. The monoisotopic (exact) mass is 195 g/mol. The molecule has 78 valence electrons. The Morgan fingerprint density at radius 3 is 3.07 bits per heavy atom. The molecule has 1 heterocycles. The Morgan fingerprint density at radius 1 is 1.64 bits per heavy atom. The smallest absolute Gasteiger partial charge is 0.0892 e. The molecule has 14 heavy (non-hydrogen) atoms. The highest BCUT2D eigenvalue weighted by Gasteiger charge is 2.00. The van der Waals surface area contributed by atoms with Crippen molar-refractivity contribution in [3.05, 3.63) is 24.0 Å². The quantitative estimate of drug-likeness (QED) is 0.554. The summed E-state index contributed by atoms with van der Waals surface area (Å²) in [6.07, 6.45) is 2.99. The molecule has 1 atom stereocenters. The van der Waals surface area contributed by atoms with Crippen LogP contribution in [-0.2, 0) is 11.3 Å². The number of hydrazine groups is 1. The second-order valence-electron chi connectivity index (χ2n) is 3.21. The van der Waals surface area contributed by atoms with Crippen LogP contribution in [0.5, 0.6) is 0 Å². The Labute approximate surface area is 84.4 Å². The molecule has 0 aliphatic carbocycles. The van der Waals surface area contributed by atoms with Gasteiger partial charge in [-0.3, -0.25) is 10.8 Å². The highest BCUT2D eigenvalue weighted by atomic mass is 16.5. The number of nitrogens with zero attached hydrogens (tertiary/aromatic N) is 1. The van der Waals surface area contributed by atoms with Gasteiger partial charge in [0.25, 0.3) is 0 Å². The van der Waals surface area contributed by atoms with Crippen molar-refractivity contribution in [2.45, 2.75) is 33.0 Å². The van der Waals surface area contributed by atoms with Crippen molar-refractivity contribution in [2.24, 2.45) is 5.84 Å². The highest BCUT2D eigenvalue weighted by Crippen LogP contribution is 2.08. The first-order chi connectivity index (χ1) is 6.76. The van der Waals surface area contributed by atoms with Crippen LogP contribution >= 0.6 is 0 Å². The van der Waals surface area contributed by atoms with E-state index >= 15 is 0 Å². The Bertz CT molecular complexity index is 278. The number of rotatable bonds is 5. The van der Waals surface area contributed by atoms with Crippen molar-refractivity contribution >= 4 is 5.69 Å². The minimum absolute atomic E-state index is 0.270. The third kappa shape index (κ3) is 3.32. The zero-order valence-electron chi connectivity index (χ0n) is 8.66. The van der Waals surface area contributed by atoms with Crippen molar-refractivity contribution in [1.82, 2.24) is 4.98 Å². The normalized spacial score (nSPS) is 12.5. The number of ether oxygens (including phenoxy) is 1. The second kappa shape index (κ2) is 5.57. The summed E-state index contributed by atoms with van der Waals surface area (Å²) in [5.74, 6) is 5.28. The number of anilines is 1. The SMILES string of the molecule is CCC(C)OCc1cc(NN)ccn1. The van der Waals surface area contributed by atoms with E-state index in [1.54, 1.807) is 6.20 Å². The molecule has 0 amide bonds. The molecule has 1 aromatic heterocycles. The molecule has 0 spiro atoms. The van der Waals surface area contributed by atoms with E-state index in [0.717, 1.165) is 17.8 Å². The average Bonchev–Trinajstić information content (AvgIpc) is 2.26. The third-order valence-electron chi connectivity index (χ3n) is 2.07. The molecular weight excluding hydrogens is 178 g/mol. The van der Waals surface area contributed by atoms with Gasteiger partial charge in [0.2, 0.25) is 0 Å². The van der Waals surface area contributed by atoms with Gasteiger partial charge in [0, 0.05) is 6.20 Å². The van der Waals surface area contributed by atoms with Crippen molar-refractivity contribution in [3.63, 3.8) is 0 Å². The number of hydrogen-bond acceptors (Lipinski definition) is 4. The van der Waals surface area contributed by atoms with Gasteiger partial charge in [-0.25, -0.2) is 0 Å². The van der Waals surface area contributed by atoms with E-state index in [1.807, 2.05) is 19.1 Å². The molecule has 0 saturated heterocycles. The standard InChI is InChI=1S/C10H17N3O/c1-3-8(2)14-7-10-6-9(13-11)4-5-12-10/h4-6,8H,3,7,11H2,1-2H3,(H,12,13). The van der Waals surface area contributed by atoms with Crippen LogP contribution in [0.15, 0.2) is 18.3 Å². The molecule has 1 rings (SSSR count). The number of nitrogens with two attached hydrogens (primary N) is 1. The lowest BCUT2D eigenvalue weighted by Crippen LogP contribution is -2.09. The van der Waals surface area contributed by atoms with Crippen LogP contribution in [0.2, 0.25) is 0 Å². The highest BCUT2D eigenvalue weighted by molar-refractivity contribution is 5.41. The summed E-state index contributed by atoms with van der Waals surface area (Å²) in [6, 6.07) is 3.69. The number of hydrogen-bond donors (Lipinski definition) is 2. The molecule has 1 unspecified atom stereocenters. The second-order valence-corrected chi connectivity index (χ2v) is 3.21. The Morgan fingerprint density at radius 2 is 2.43 bits per heavy atom. The number of nitrogens with one attached hydrogen (secondary N) is 1. The van der Waals surface area contributed by atoms with Gasteiger partial charge in [-0.15, -0.1) is 0 Å². The van der Waals surface area contributed by atoms with Crippen LogP contribution in [0.1, 0.15) is 26.0 Å². The molecule has 0 radical (unpaired) electrons. The van der Waals surface area contributed by atoms with E-state index in [2.05, 4.69) is 17.3 Å². The summed E-state index contributed by atoms with van der Waals surface area (Å²) in [4.78, 5) is 4.17. The third-order valence-corrected chi connectivity index (χ3v) is 2.07. The minimum atomic E-state index is 0.270. The van der Waals surface area contributed by atoms with E-state index in [4.69, 9.17) is 10.6 Å². The first-order valence-electron chi connectivity index (χ1n) is 4.79. The lowest BCUT2D eigenvalue weighted by molar-refractivity contribution is 0.0489. The zero-order valence-corrected chi connectivity index (χ0v) is 8.66. The van der Waals surface area contributed by atoms with Crippen molar-refractivity contribution < 1.29 is 4.74 Å². The molecule has 0 fully saturated rings. The number of pyridine rings is 1. The first-order valence-corrected chi connectivity index (χ1v) is 4.79. The van der Waals surface area contributed by atoms with Gasteiger partial charge in [-0.2, -0.15) is 0 Å². The average molecular weight is 195 g/mol. The summed E-state index contributed by atoms with van der Waals surface area (Å²) in [7, 11) is 0. The van der Waals surface area contributed by atoms with Gasteiger partial charge in [0.1, 0.15) is 0 Å².